The Morgan fingerprint density at radius 2 is 2.11 bits per heavy atom. The van der Waals surface area contributed by atoms with Gasteiger partial charge in [-0.3, -0.25) is 4.79 Å². The quantitative estimate of drug-likeness (QED) is 0.815. The molecule has 3 nitrogen and oxygen atoms in total. The van der Waals surface area contributed by atoms with Crippen LogP contribution in [0.3, 0.4) is 0 Å². The van der Waals surface area contributed by atoms with E-state index in [2.05, 4.69) is 26.0 Å². The zero-order valence-corrected chi connectivity index (χ0v) is 11.8. The number of benzene rings is 1. The van der Waals surface area contributed by atoms with E-state index < -0.39 is 0 Å². The van der Waals surface area contributed by atoms with Crippen LogP contribution in [0.15, 0.2) is 30.3 Å². The van der Waals surface area contributed by atoms with Crippen molar-refractivity contribution in [3.8, 4) is 0 Å². The van der Waals surface area contributed by atoms with Crippen molar-refractivity contribution in [3.63, 3.8) is 0 Å². The van der Waals surface area contributed by atoms with Crippen LogP contribution in [0.2, 0.25) is 0 Å². The third-order valence-electron chi connectivity index (χ3n) is 3.67. The largest absolute Gasteiger partial charge is 0.381 e. The summed E-state index contributed by atoms with van der Waals surface area (Å²) in [5.41, 5.74) is 1.28. The first-order chi connectivity index (χ1) is 9.18. The monoisotopic (exact) mass is 261 g/mol. The lowest BCUT2D eigenvalue weighted by Gasteiger charge is -2.29. The first-order valence-electron chi connectivity index (χ1n) is 7.10. The molecule has 0 aromatic heterocycles. The van der Waals surface area contributed by atoms with Crippen molar-refractivity contribution >= 4 is 5.91 Å². The van der Waals surface area contributed by atoms with Crippen LogP contribution in [0.5, 0.6) is 0 Å². The summed E-state index contributed by atoms with van der Waals surface area (Å²) in [5, 5.41) is 0. The molecule has 0 saturated carbocycles. The van der Waals surface area contributed by atoms with Crippen LogP contribution in [0.4, 0.5) is 0 Å². The van der Waals surface area contributed by atoms with Crippen LogP contribution < -0.4 is 0 Å². The predicted molar refractivity (Wildman–Crippen MR) is 75.9 cm³/mol. The molecular formula is C16H23NO2. The van der Waals surface area contributed by atoms with Crippen molar-refractivity contribution in [1.82, 2.24) is 4.90 Å². The summed E-state index contributed by atoms with van der Waals surface area (Å²) in [5.74, 6) is 0.321. The average Bonchev–Trinajstić information content (AvgIpc) is 2.93. The molecule has 1 aromatic carbocycles. The Labute approximate surface area is 115 Å². The number of carbonyl (C=O) groups is 1. The van der Waals surface area contributed by atoms with E-state index in [1.807, 2.05) is 23.1 Å². The molecule has 0 N–H and O–H groups in total. The van der Waals surface area contributed by atoms with Crippen LogP contribution in [-0.2, 0) is 16.0 Å². The third-order valence-corrected chi connectivity index (χ3v) is 3.67. The Morgan fingerprint density at radius 1 is 1.37 bits per heavy atom. The fourth-order valence-electron chi connectivity index (χ4n) is 2.48. The van der Waals surface area contributed by atoms with Gasteiger partial charge in [-0.1, -0.05) is 30.3 Å². The van der Waals surface area contributed by atoms with Gasteiger partial charge in [-0.15, -0.1) is 0 Å². The van der Waals surface area contributed by atoms with Gasteiger partial charge in [-0.2, -0.15) is 0 Å². The van der Waals surface area contributed by atoms with E-state index >= 15 is 0 Å². The maximum Gasteiger partial charge on any atom is 0.228 e. The molecule has 0 unspecified atom stereocenters. The molecule has 0 aliphatic carbocycles. The molecule has 1 fully saturated rings. The summed E-state index contributed by atoms with van der Waals surface area (Å²) in [6.07, 6.45) is 1.78. The first-order valence-corrected chi connectivity index (χ1v) is 7.10. The highest BCUT2D eigenvalue weighted by molar-refractivity contribution is 5.79. The van der Waals surface area contributed by atoms with Gasteiger partial charge in [0.1, 0.15) is 0 Å². The van der Waals surface area contributed by atoms with Crippen molar-refractivity contribution in [2.75, 3.05) is 19.8 Å². The Bertz CT molecular complexity index is 396. The van der Waals surface area contributed by atoms with Crippen LogP contribution in [0, 0.1) is 5.92 Å². The molecule has 1 aromatic rings. The lowest BCUT2D eigenvalue weighted by molar-refractivity contribution is -0.137. The maximum atomic E-state index is 12.5. The molecule has 3 heteroatoms. The number of hydrogen-bond donors (Lipinski definition) is 0. The maximum absolute atomic E-state index is 12.5. The van der Waals surface area contributed by atoms with E-state index in [0.29, 0.717) is 6.61 Å². The predicted octanol–water partition coefficient (Wildman–Crippen LogP) is 2.50. The van der Waals surface area contributed by atoms with E-state index in [1.165, 1.54) is 5.56 Å². The normalized spacial score (nSPS) is 18.8. The Morgan fingerprint density at radius 3 is 2.68 bits per heavy atom. The van der Waals surface area contributed by atoms with Gasteiger partial charge < -0.3 is 9.64 Å². The summed E-state index contributed by atoms with van der Waals surface area (Å²) in [4.78, 5) is 14.4. The summed E-state index contributed by atoms with van der Waals surface area (Å²) in [6.45, 7) is 6.27. The van der Waals surface area contributed by atoms with E-state index in [0.717, 1.165) is 26.0 Å². The van der Waals surface area contributed by atoms with Crippen LogP contribution >= 0.6 is 0 Å². The van der Waals surface area contributed by atoms with Crippen molar-refractivity contribution in [3.05, 3.63) is 35.9 Å². The lowest BCUT2D eigenvalue weighted by atomic mass is 10.1. The van der Waals surface area contributed by atoms with Crippen molar-refractivity contribution < 1.29 is 9.53 Å². The Kier molecular flexibility index (Phi) is 4.97. The molecule has 1 amide bonds. The van der Waals surface area contributed by atoms with E-state index in [-0.39, 0.29) is 17.9 Å². The van der Waals surface area contributed by atoms with Gasteiger partial charge in [-0.05, 0) is 32.3 Å². The second kappa shape index (κ2) is 6.71. The number of rotatable bonds is 5. The van der Waals surface area contributed by atoms with E-state index in [4.69, 9.17) is 4.74 Å². The first kappa shape index (κ1) is 14.1. The van der Waals surface area contributed by atoms with Gasteiger partial charge in [0.2, 0.25) is 5.91 Å². The molecule has 1 saturated heterocycles. The van der Waals surface area contributed by atoms with E-state index in [9.17, 15) is 4.79 Å². The number of carbonyl (C=O) groups excluding carboxylic acids is 1. The molecule has 1 aliphatic rings. The second-order valence-electron chi connectivity index (χ2n) is 5.42. The highest BCUT2D eigenvalue weighted by Gasteiger charge is 2.28. The van der Waals surface area contributed by atoms with Gasteiger partial charge in [0.05, 0.1) is 12.5 Å². The fraction of sp³-hybridized carbons (Fsp3) is 0.562. The highest BCUT2D eigenvalue weighted by atomic mass is 16.5. The molecule has 104 valence electrons. The summed E-state index contributed by atoms with van der Waals surface area (Å²) < 4.78 is 5.32. The molecule has 2 rings (SSSR count). The third kappa shape index (κ3) is 3.80. The van der Waals surface area contributed by atoms with Gasteiger partial charge in [0.25, 0.3) is 0 Å². The van der Waals surface area contributed by atoms with Crippen LogP contribution in [0.1, 0.15) is 25.8 Å². The molecule has 1 aliphatic heterocycles. The summed E-state index contributed by atoms with van der Waals surface area (Å²) >= 11 is 0. The zero-order valence-electron chi connectivity index (χ0n) is 11.8. The lowest BCUT2D eigenvalue weighted by Crippen LogP contribution is -2.42. The topological polar surface area (TPSA) is 29.5 Å². The summed E-state index contributed by atoms with van der Waals surface area (Å²) in [6, 6.07) is 10.6. The van der Waals surface area contributed by atoms with Gasteiger partial charge in [0, 0.05) is 19.2 Å². The molecule has 0 bridgehead atoms. The number of amides is 1. The average molecular weight is 261 g/mol. The van der Waals surface area contributed by atoms with Crippen LogP contribution in [-0.4, -0.2) is 36.6 Å². The highest BCUT2D eigenvalue weighted by Crippen LogP contribution is 2.17. The second-order valence-corrected chi connectivity index (χ2v) is 5.42. The SMILES string of the molecule is CC(C)N(CCc1ccccc1)C(=O)[C@H]1CCOC1. The minimum atomic E-state index is 0.0678. The standard InChI is InChI=1S/C16H23NO2/c1-13(2)17(16(18)15-9-11-19-12-15)10-8-14-6-4-3-5-7-14/h3-7,13,15H,8-12H2,1-2H3/t15-/m0/s1. The van der Waals surface area contributed by atoms with Crippen LogP contribution in [0.25, 0.3) is 0 Å². The zero-order chi connectivity index (χ0) is 13.7. The number of ether oxygens (including phenoxy) is 1. The van der Waals surface area contributed by atoms with Crippen molar-refractivity contribution in [1.29, 1.82) is 0 Å². The van der Waals surface area contributed by atoms with Gasteiger partial charge in [0.15, 0.2) is 0 Å². The molecule has 1 heterocycles. The molecule has 1 atom stereocenters. The number of nitrogens with zero attached hydrogens (tertiary/aromatic N) is 1. The Hall–Kier alpha value is -1.35. The molecular weight excluding hydrogens is 238 g/mol. The fourth-order valence-corrected chi connectivity index (χ4v) is 2.48. The molecule has 0 spiro atoms. The smallest absolute Gasteiger partial charge is 0.228 e. The molecule has 19 heavy (non-hydrogen) atoms. The van der Waals surface area contributed by atoms with Gasteiger partial charge in [-0.25, -0.2) is 0 Å². The van der Waals surface area contributed by atoms with E-state index in [1.54, 1.807) is 0 Å². The van der Waals surface area contributed by atoms with Gasteiger partial charge >= 0.3 is 0 Å². The Balaban J connectivity index is 1.94. The summed E-state index contributed by atoms with van der Waals surface area (Å²) in [7, 11) is 0. The molecule has 0 radical (unpaired) electrons. The minimum absolute atomic E-state index is 0.0678. The number of hydrogen-bond acceptors (Lipinski definition) is 2. The van der Waals surface area contributed by atoms with Crippen molar-refractivity contribution in [2.24, 2.45) is 5.92 Å². The minimum Gasteiger partial charge on any atom is -0.381 e. The van der Waals surface area contributed by atoms with Crippen molar-refractivity contribution in [2.45, 2.75) is 32.7 Å².